The molecule has 0 spiro atoms. The Kier molecular flexibility index (Phi) is 3.53. The third-order valence-electron chi connectivity index (χ3n) is 2.52. The van der Waals surface area contributed by atoms with E-state index in [9.17, 15) is 0 Å². The molecule has 1 heterocycles. The first-order chi connectivity index (χ1) is 7.51. The molecule has 0 radical (unpaired) electrons. The summed E-state index contributed by atoms with van der Waals surface area (Å²) in [6.07, 6.45) is 3.77. The molecule has 0 aromatic carbocycles. The van der Waals surface area contributed by atoms with E-state index in [0.29, 0.717) is 11.6 Å². The second kappa shape index (κ2) is 4.68. The molecule has 0 atom stereocenters. The minimum atomic E-state index is 0.169. The van der Waals surface area contributed by atoms with Crippen molar-refractivity contribution in [3.8, 4) is 12.1 Å². The predicted molar refractivity (Wildman–Crippen MR) is 62.7 cm³/mol. The molecule has 3 nitrogen and oxygen atoms in total. The number of nitrogens with zero attached hydrogens (tertiary/aromatic N) is 3. The van der Waals surface area contributed by atoms with Crippen molar-refractivity contribution < 1.29 is 0 Å². The van der Waals surface area contributed by atoms with Gasteiger partial charge >= 0.3 is 0 Å². The summed E-state index contributed by atoms with van der Waals surface area (Å²) < 4.78 is 0. The van der Waals surface area contributed by atoms with E-state index in [0.717, 1.165) is 11.4 Å². The molecule has 16 heavy (non-hydrogen) atoms. The lowest BCUT2D eigenvalue weighted by atomic mass is 10.0. The summed E-state index contributed by atoms with van der Waals surface area (Å²) in [4.78, 5) is 2.18. The number of hydrogen-bond acceptors (Lipinski definition) is 3. The Balaban J connectivity index is 3.25. The van der Waals surface area contributed by atoms with Crippen LogP contribution in [0.4, 0.5) is 0 Å². The van der Waals surface area contributed by atoms with Gasteiger partial charge in [0, 0.05) is 23.0 Å². The van der Waals surface area contributed by atoms with Crippen LogP contribution in [-0.2, 0) is 0 Å². The van der Waals surface area contributed by atoms with Crippen molar-refractivity contribution in [2.24, 2.45) is 0 Å². The first-order valence-corrected chi connectivity index (χ1v) is 5.21. The highest BCUT2D eigenvalue weighted by atomic mass is 15.2. The van der Waals surface area contributed by atoms with Crippen molar-refractivity contribution in [2.75, 3.05) is 0 Å². The molecule has 82 valence electrons. The highest BCUT2D eigenvalue weighted by molar-refractivity contribution is 5.53. The standard InChI is InChI=1S/C13H15N3/c1-9(2)16-10(3)5-12(6-11(16)4)13(7-14)8-15/h5-6,9H,1-4H3. The molecule has 0 aromatic heterocycles. The van der Waals surface area contributed by atoms with Crippen LogP contribution in [0.5, 0.6) is 0 Å². The van der Waals surface area contributed by atoms with E-state index in [4.69, 9.17) is 10.5 Å². The molecule has 0 aliphatic carbocycles. The largest absolute Gasteiger partial charge is 0.347 e. The fourth-order valence-corrected chi connectivity index (χ4v) is 2.02. The van der Waals surface area contributed by atoms with E-state index in [1.807, 2.05) is 38.1 Å². The average molecular weight is 213 g/mol. The number of nitriles is 2. The van der Waals surface area contributed by atoms with Crippen molar-refractivity contribution >= 4 is 0 Å². The van der Waals surface area contributed by atoms with Crippen LogP contribution in [-0.4, -0.2) is 10.9 Å². The molecule has 0 N–H and O–H groups in total. The van der Waals surface area contributed by atoms with E-state index < -0.39 is 0 Å². The summed E-state index contributed by atoms with van der Waals surface area (Å²) in [5.41, 5.74) is 3.00. The lowest BCUT2D eigenvalue weighted by Gasteiger charge is -2.33. The summed E-state index contributed by atoms with van der Waals surface area (Å²) in [7, 11) is 0. The van der Waals surface area contributed by atoms with Gasteiger partial charge < -0.3 is 4.90 Å². The molecule has 1 rings (SSSR count). The third kappa shape index (κ3) is 2.15. The molecule has 0 fully saturated rings. The van der Waals surface area contributed by atoms with Crippen LogP contribution in [0.3, 0.4) is 0 Å². The number of allylic oxidation sites excluding steroid dienone is 6. The maximum atomic E-state index is 8.82. The van der Waals surface area contributed by atoms with Gasteiger partial charge in [0.1, 0.15) is 17.7 Å². The smallest absolute Gasteiger partial charge is 0.137 e. The van der Waals surface area contributed by atoms with E-state index in [1.54, 1.807) is 0 Å². The predicted octanol–water partition coefficient (Wildman–Crippen LogP) is 2.86. The van der Waals surface area contributed by atoms with E-state index in [1.165, 1.54) is 0 Å². The topological polar surface area (TPSA) is 50.8 Å². The number of rotatable bonds is 1. The quantitative estimate of drug-likeness (QED) is 0.629. The van der Waals surface area contributed by atoms with Crippen molar-refractivity contribution in [3.63, 3.8) is 0 Å². The lowest BCUT2D eigenvalue weighted by molar-refractivity contribution is 0.351. The van der Waals surface area contributed by atoms with Crippen LogP contribution >= 0.6 is 0 Å². The Morgan fingerprint density at radius 2 is 1.56 bits per heavy atom. The first kappa shape index (κ1) is 12.1. The van der Waals surface area contributed by atoms with Gasteiger partial charge in [0.25, 0.3) is 0 Å². The minimum Gasteiger partial charge on any atom is -0.347 e. The fourth-order valence-electron chi connectivity index (χ4n) is 2.02. The molecule has 0 bridgehead atoms. The van der Waals surface area contributed by atoms with Gasteiger partial charge in [-0.15, -0.1) is 0 Å². The third-order valence-corrected chi connectivity index (χ3v) is 2.52. The summed E-state index contributed by atoms with van der Waals surface area (Å²) in [5.74, 6) is 0. The second-order valence-electron chi connectivity index (χ2n) is 4.09. The fraction of sp³-hybridized carbons (Fsp3) is 0.385. The summed E-state index contributed by atoms with van der Waals surface area (Å²) in [5, 5.41) is 17.6. The Morgan fingerprint density at radius 3 is 1.88 bits per heavy atom. The molecule has 3 heteroatoms. The maximum Gasteiger partial charge on any atom is 0.137 e. The zero-order valence-electron chi connectivity index (χ0n) is 10.1. The van der Waals surface area contributed by atoms with E-state index in [-0.39, 0.29) is 5.57 Å². The van der Waals surface area contributed by atoms with Gasteiger partial charge in [-0.1, -0.05) is 0 Å². The normalized spacial score (nSPS) is 15.2. The van der Waals surface area contributed by atoms with E-state index in [2.05, 4.69) is 18.7 Å². The summed E-state index contributed by atoms with van der Waals surface area (Å²) >= 11 is 0. The van der Waals surface area contributed by atoms with Crippen molar-refractivity contribution in [1.82, 2.24) is 4.90 Å². The van der Waals surface area contributed by atoms with Crippen LogP contribution in [0.2, 0.25) is 0 Å². The zero-order chi connectivity index (χ0) is 12.3. The minimum absolute atomic E-state index is 0.169. The van der Waals surface area contributed by atoms with Crippen molar-refractivity contribution in [1.29, 1.82) is 10.5 Å². The molecule has 0 unspecified atom stereocenters. The van der Waals surface area contributed by atoms with Crippen molar-refractivity contribution in [3.05, 3.63) is 34.7 Å². The zero-order valence-corrected chi connectivity index (χ0v) is 10.1. The molecular formula is C13H15N3. The number of hydrogen-bond donors (Lipinski definition) is 0. The molecule has 1 aliphatic heterocycles. The Bertz CT molecular complexity index is 426. The second-order valence-corrected chi connectivity index (χ2v) is 4.09. The summed E-state index contributed by atoms with van der Waals surface area (Å²) in [6.45, 7) is 8.20. The van der Waals surface area contributed by atoms with Gasteiger partial charge in [-0.2, -0.15) is 10.5 Å². The maximum absolute atomic E-state index is 8.82. The summed E-state index contributed by atoms with van der Waals surface area (Å²) in [6, 6.07) is 4.21. The van der Waals surface area contributed by atoms with Gasteiger partial charge in [0.15, 0.2) is 0 Å². The Hall–Kier alpha value is -2.00. The van der Waals surface area contributed by atoms with Gasteiger partial charge in [-0.05, 0) is 39.8 Å². The lowest BCUT2D eigenvalue weighted by Crippen LogP contribution is -2.29. The molecule has 0 aromatic rings. The van der Waals surface area contributed by atoms with Crippen LogP contribution < -0.4 is 0 Å². The molecule has 0 saturated heterocycles. The molecule has 0 amide bonds. The highest BCUT2D eigenvalue weighted by Crippen LogP contribution is 2.26. The van der Waals surface area contributed by atoms with Crippen LogP contribution in [0.15, 0.2) is 34.7 Å². The highest BCUT2D eigenvalue weighted by Gasteiger charge is 2.17. The van der Waals surface area contributed by atoms with Crippen molar-refractivity contribution in [2.45, 2.75) is 33.7 Å². The average Bonchev–Trinajstić information content (AvgIpc) is 2.17. The molecule has 1 aliphatic rings. The SMILES string of the molecule is CC1=CC(=C(C#N)C#N)C=C(C)N1C(C)C. The van der Waals surface area contributed by atoms with Gasteiger partial charge in [-0.25, -0.2) is 0 Å². The van der Waals surface area contributed by atoms with Crippen LogP contribution in [0, 0.1) is 22.7 Å². The van der Waals surface area contributed by atoms with Gasteiger partial charge in [0.2, 0.25) is 0 Å². The van der Waals surface area contributed by atoms with Gasteiger partial charge in [-0.3, -0.25) is 0 Å². The van der Waals surface area contributed by atoms with E-state index >= 15 is 0 Å². The van der Waals surface area contributed by atoms with Crippen LogP contribution in [0.1, 0.15) is 27.7 Å². The molecule has 0 saturated carbocycles. The molecular weight excluding hydrogens is 198 g/mol. The monoisotopic (exact) mass is 213 g/mol. The Morgan fingerprint density at radius 1 is 1.12 bits per heavy atom. The first-order valence-electron chi connectivity index (χ1n) is 5.21. The van der Waals surface area contributed by atoms with Gasteiger partial charge in [0.05, 0.1) is 0 Å². The van der Waals surface area contributed by atoms with Crippen LogP contribution in [0.25, 0.3) is 0 Å². The Labute approximate surface area is 96.6 Å².